The Morgan fingerprint density at radius 3 is 2.76 bits per heavy atom. The van der Waals surface area contributed by atoms with Crippen molar-refractivity contribution in [2.24, 2.45) is 5.92 Å². The average Bonchev–Trinajstić information content (AvgIpc) is 2.44. The molecule has 1 aliphatic heterocycles. The Bertz CT molecular complexity index is 470. The van der Waals surface area contributed by atoms with Gasteiger partial charge in [-0.2, -0.15) is 0 Å². The maximum absolute atomic E-state index is 13.1. The third kappa shape index (κ3) is 3.27. The first kappa shape index (κ1) is 14.9. The summed E-state index contributed by atoms with van der Waals surface area (Å²) in [6.07, 6.45) is 7.12. The van der Waals surface area contributed by atoms with Crippen molar-refractivity contribution >= 4 is 0 Å². The summed E-state index contributed by atoms with van der Waals surface area (Å²) in [5.41, 5.74) is 1.08. The molecule has 1 saturated heterocycles. The van der Waals surface area contributed by atoms with Gasteiger partial charge in [0.15, 0.2) is 0 Å². The molecule has 4 heteroatoms. The second-order valence-corrected chi connectivity index (χ2v) is 6.84. The van der Waals surface area contributed by atoms with Gasteiger partial charge in [0.05, 0.1) is 23.5 Å². The van der Waals surface area contributed by atoms with E-state index in [4.69, 9.17) is 4.74 Å². The number of rotatable bonds is 4. The predicted octanol–water partition coefficient (Wildman–Crippen LogP) is 3.61. The highest BCUT2D eigenvalue weighted by Crippen LogP contribution is 2.47. The molecule has 0 amide bonds. The van der Waals surface area contributed by atoms with Crippen LogP contribution in [0.4, 0.5) is 4.39 Å². The third-order valence-electron chi connectivity index (χ3n) is 4.85. The van der Waals surface area contributed by atoms with Crippen molar-refractivity contribution in [3.8, 4) is 0 Å². The van der Waals surface area contributed by atoms with Crippen LogP contribution in [0.1, 0.15) is 57.7 Å². The number of halogens is 1. The second kappa shape index (κ2) is 6.01. The lowest BCUT2D eigenvalue weighted by molar-refractivity contribution is -0.147. The van der Waals surface area contributed by atoms with Gasteiger partial charge in [0.1, 0.15) is 5.82 Å². The van der Waals surface area contributed by atoms with Crippen LogP contribution in [0.15, 0.2) is 18.3 Å². The topological polar surface area (TPSA) is 34.2 Å². The number of nitrogens with one attached hydrogen (secondary N) is 1. The summed E-state index contributed by atoms with van der Waals surface area (Å²) in [5, 5.41) is 3.63. The first-order valence-electron chi connectivity index (χ1n) is 8.09. The van der Waals surface area contributed by atoms with E-state index in [0.29, 0.717) is 12.0 Å². The van der Waals surface area contributed by atoms with E-state index in [1.165, 1.54) is 31.5 Å². The van der Waals surface area contributed by atoms with Gasteiger partial charge in [-0.3, -0.25) is 4.98 Å². The van der Waals surface area contributed by atoms with Gasteiger partial charge in [0.2, 0.25) is 0 Å². The van der Waals surface area contributed by atoms with E-state index < -0.39 is 0 Å². The summed E-state index contributed by atoms with van der Waals surface area (Å²) >= 11 is 0. The molecule has 1 aromatic rings. The molecule has 2 aliphatic rings. The molecule has 1 saturated carbocycles. The van der Waals surface area contributed by atoms with Gasteiger partial charge in [0, 0.05) is 12.6 Å². The summed E-state index contributed by atoms with van der Waals surface area (Å²) < 4.78 is 19.2. The van der Waals surface area contributed by atoms with Crippen molar-refractivity contribution in [1.82, 2.24) is 10.3 Å². The fraction of sp³-hybridized carbons (Fsp3) is 0.706. The molecule has 2 fully saturated rings. The number of ether oxygens (including phenoxy) is 1. The Labute approximate surface area is 126 Å². The van der Waals surface area contributed by atoms with Gasteiger partial charge in [-0.05, 0) is 50.2 Å². The number of hydrogen-bond acceptors (Lipinski definition) is 3. The van der Waals surface area contributed by atoms with E-state index in [9.17, 15) is 4.39 Å². The molecule has 2 heterocycles. The van der Waals surface area contributed by atoms with Crippen LogP contribution in [-0.4, -0.2) is 23.2 Å². The standard InChI is InChI=1S/C17H25FN2O/c1-12(2)20-16(15-5-4-14(18)11-19-15)13-6-9-21-17(10-13)7-3-8-17/h4-5,11-13,16,20H,3,6-10H2,1-2H3. The summed E-state index contributed by atoms with van der Waals surface area (Å²) in [5.74, 6) is 0.240. The van der Waals surface area contributed by atoms with Gasteiger partial charge in [-0.25, -0.2) is 4.39 Å². The van der Waals surface area contributed by atoms with Gasteiger partial charge in [-0.1, -0.05) is 13.8 Å². The molecule has 1 aliphatic carbocycles. The fourth-order valence-electron chi connectivity index (χ4n) is 3.66. The molecule has 3 nitrogen and oxygen atoms in total. The highest BCUT2D eigenvalue weighted by molar-refractivity contribution is 5.13. The summed E-state index contributed by atoms with van der Waals surface area (Å²) in [6, 6.07) is 3.89. The lowest BCUT2D eigenvalue weighted by Gasteiger charge is -2.49. The van der Waals surface area contributed by atoms with Gasteiger partial charge < -0.3 is 10.1 Å². The first-order valence-corrected chi connectivity index (χ1v) is 8.09. The maximum atomic E-state index is 13.1. The van der Waals surface area contributed by atoms with E-state index in [-0.39, 0.29) is 17.5 Å². The summed E-state index contributed by atoms with van der Waals surface area (Å²) in [7, 11) is 0. The van der Waals surface area contributed by atoms with Crippen LogP contribution < -0.4 is 5.32 Å². The minimum atomic E-state index is -0.274. The zero-order valence-electron chi connectivity index (χ0n) is 12.9. The van der Waals surface area contributed by atoms with E-state index >= 15 is 0 Å². The van der Waals surface area contributed by atoms with Crippen molar-refractivity contribution in [3.63, 3.8) is 0 Å². The number of pyridine rings is 1. The number of aromatic nitrogens is 1. The largest absolute Gasteiger partial charge is 0.375 e. The van der Waals surface area contributed by atoms with Crippen LogP contribution in [0.2, 0.25) is 0 Å². The Kier molecular flexibility index (Phi) is 4.27. The highest BCUT2D eigenvalue weighted by Gasteiger charge is 2.44. The average molecular weight is 292 g/mol. The van der Waals surface area contributed by atoms with E-state index in [2.05, 4.69) is 24.1 Å². The van der Waals surface area contributed by atoms with Crippen molar-refractivity contribution < 1.29 is 9.13 Å². The number of hydrogen-bond donors (Lipinski definition) is 1. The van der Waals surface area contributed by atoms with Gasteiger partial charge in [0.25, 0.3) is 0 Å². The molecule has 1 aromatic heterocycles. The molecule has 2 unspecified atom stereocenters. The van der Waals surface area contributed by atoms with Crippen molar-refractivity contribution in [2.75, 3.05) is 6.61 Å². The van der Waals surface area contributed by atoms with E-state index in [1.54, 1.807) is 0 Å². The lowest BCUT2D eigenvalue weighted by atomic mass is 9.70. The van der Waals surface area contributed by atoms with Crippen molar-refractivity contribution in [3.05, 3.63) is 29.8 Å². The molecular formula is C17H25FN2O. The minimum absolute atomic E-state index is 0.125. The highest BCUT2D eigenvalue weighted by atomic mass is 19.1. The van der Waals surface area contributed by atoms with Crippen LogP contribution in [0.5, 0.6) is 0 Å². The number of nitrogens with zero attached hydrogens (tertiary/aromatic N) is 1. The van der Waals surface area contributed by atoms with E-state index in [0.717, 1.165) is 25.1 Å². The van der Waals surface area contributed by atoms with Crippen molar-refractivity contribution in [1.29, 1.82) is 0 Å². The third-order valence-corrected chi connectivity index (χ3v) is 4.85. The van der Waals surface area contributed by atoms with Gasteiger partial charge >= 0.3 is 0 Å². The van der Waals surface area contributed by atoms with Crippen LogP contribution in [-0.2, 0) is 4.74 Å². The second-order valence-electron chi connectivity index (χ2n) is 6.84. The van der Waals surface area contributed by atoms with Crippen LogP contribution in [0, 0.1) is 11.7 Å². The lowest BCUT2D eigenvalue weighted by Crippen LogP contribution is -2.48. The predicted molar refractivity (Wildman–Crippen MR) is 80.5 cm³/mol. The first-order chi connectivity index (χ1) is 10.1. The molecule has 0 bridgehead atoms. The molecule has 1 N–H and O–H groups in total. The van der Waals surface area contributed by atoms with Gasteiger partial charge in [-0.15, -0.1) is 0 Å². The monoisotopic (exact) mass is 292 g/mol. The minimum Gasteiger partial charge on any atom is -0.375 e. The molecule has 0 radical (unpaired) electrons. The molecule has 0 aromatic carbocycles. The summed E-state index contributed by atoms with van der Waals surface area (Å²) in [4.78, 5) is 4.32. The van der Waals surface area contributed by atoms with E-state index in [1.807, 2.05) is 6.07 Å². The molecule has 21 heavy (non-hydrogen) atoms. The molecular weight excluding hydrogens is 267 g/mol. The maximum Gasteiger partial charge on any atom is 0.141 e. The van der Waals surface area contributed by atoms with Crippen LogP contribution >= 0.6 is 0 Å². The molecule has 3 rings (SSSR count). The van der Waals surface area contributed by atoms with Crippen molar-refractivity contribution in [2.45, 2.75) is 63.6 Å². The van der Waals surface area contributed by atoms with Crippen LogP contribution in [0.3, 0.4) is 0 Å². The quantitative estimate of drug-likeness (QED) is 0.920. The molecule has 2 atom stereocenters. The Hall–Kier alpha value is -1.00. The summed E-state index contributed by atoms with van der Waals surface area (Å²) in [6.45, 7) is 5.13. The SMILES string of the molecule is CC(C)NC(c1ccc(F)cn1)C1CCOC2(CCC2)C1. The smallest absolute Gasteiger partial charge is 0.141 e. The Morgan fingerprint density at radius 2 is 2.19 bits per heavy atom. The zero-order valence-corrected chi connectivity index (χ0v) is 12.9. The zero-order chi connectivity index (χ0) is 14.9. The molecule has 1 spiro atoms. The normalized spacial score (nSPS) is 25.8. The van der Waals surface area contributed by atoms with Crippen LogP contribution in [0.25, 0.3) is 0 Å². The Balaban J connectivity index is 1.79. The Morgan fingerprint density at radius 1 is 1.38 bits per heavy atom. The fourth-order valence-corrected chi connectivity index (χ4v) is 3.66. The molecule has 116 valence electrons.